The van der Waals surface area contributed by atoms with Crippen molar-refractivity contribution in [2.75, 3.05) is 0 Å². The molecule has 2 N–H and O–H groups in total. The molecule has 0 aromatic heterocycles. The zero-order valence-corrected chi connectivity index (χ0v) is 8.82. The van der Waals surface area contributed by atoms with Crippen LogP contribution in [0.15, 0.2) is 24.4 Å². The molecule has 1 aliphatic heterocycles. The number of hydrogen-bond acceptors (Lipinski definition) is 2. The molecule has 2 amide bonds. The molecule has 0 aromatic carbocycles. The van der Waals surface area contributed by atoms with Crippen molar-refractivity contribution in [1.82, 2.24) is 10.6 Å². The predicted octanol–water partition coefficient (Wildman–Crippen LogP) is 1.50. The van der Waals surface area contributed by atoms with E-state index in [0.29, 0.717) is 6.42 Å². The number of carbonyl (C=O) groups is 2. The van der Waals surface area contributed by atoms with Gasteiger partial charge in [-0.25, -0.2) is 4.79 Å². The summed E-state index contributed by atoms with van der Waals surface area (Å²) in [6.07, 6.45) is 8.94. The second-order valence-corrected chi connectivity index (χ2v) is 3.53. The van der Waals surface area contributed by atoms with Gasteiger partial charge in [-0.1, -0.05) is 12.2 Å². The van der Waals surface area contributed by atoms with Gasteiger partial charge in [-0.15, -0.1) is 0 Å². The van der Waals surface area contributed by atoms with Crippen LogP contribution in [0.25, 0.3) is 0 Å². The first-order valence-electron chi connectivity index (χ1n) is 5.11. The molecule has 82 valence electrons. The Hall–Kier alpha value is -1.58. The Labute approximate surface area is 89.4 Å². The highest BCUT2D eigenvalue weighted by atomic mass is 16.2. The highest BCUT2D eigenvalue weighted by Gasteiger charge is 2.03. The molecule has 0 fully saturated rings. The summed E-state index contributed by atoms with van der Waals surface area (Å²) in [5, 5.41) is 5.19. The van der Waals surface area contributed by atoms with E-state index in [4.69, 9.17) is 0 Å². The molecule has 0 aromatic rings. The molecule has 0 saturated carbocycles. The Bertz CT molecular complexity index is 295. The maximum atomic E-state index is 11.2. The monoisotopic (exact) mass is 208 g/mol. The van der Waals surface area contributed by atoms with E-state index >= 15 is 0 Å². The van der Waals surface area contributed by atoms with Crippen LogP contribution in [0.4, 0.5) is 4.79 Å². The van der Waals surface area contributed by atoms with Crippen LogP contribution in [0.5, 0.6) is 0 Å². The summed E-state index contributed by atoms with van der Waals surface area (Å²) in [4.78, 5) is 22.4. The first kappa shape index (κ1) is 11.5. The third-order valence-electron chi connectivity index (χ3n) is 2.06. The maximum Gasteiger partial charge on any atom is 0.319 e. The number of allylic oxidation sites excluding steroid dienone is 2. The summed E-state index contributed by atoms with van der Waals surface area (Å²) in [5.41, 5.74) is 0. The van der Waals surface area contributed by atoms with E-state index in [1.54, 1.807) is 0 Å². The van der Waals surface area contributed by atoms with Crippen LogP contribution in [-0.4, -0.2) is 17.9 Å². The summed E-state index contributed by atoms with van der Waals surface area (Å²) in [6.45, 7) is 1.90. The lowest BCUT2D eigenvalue weighted by atomic mass is 10.1. The standard InChI is InChI=1S/C11H16N2O2/c1-9-5-3-2-4-6-10(14)7-8-12-11(15)13-9/h3,5,7-9H,2,4,6H2,1H3,(H2,12,13,15)/b5-3?,8-7+/t9-/m0/s1. The smallest absolute Gasteiger partial charge is 0.319 e. The number of carbonyl (C=O) groups excluding carboxylic acids is 2. The highest BCUT2D eigenvalue weighted by molar-refractivity contribution is 5.90. The number of amides is 2. The third-order valence-corrected chi connectivity index (χ3v) is 2.06. The topological polar surface area (TPSA) is 58.2 Å². The lowest BCUT2D eigenvalue weighted by Crippen LogP contribution is -2.37. The van der Waals surface area contributed by atoms with Gasteiger partial charge < -0.3 is 10.6 Å². The van der Waals surface area contributed by atoms with Crippen LogP contribution in [0, 0.1) is 0 Å². The van der Waals surface area contributed by atoms with Crippen LogP contribution in [-0.2, 0) is 4.79 Å². The maximum absolute atomic E-state index is 11.2. The molecule has 0 unspecified atom stereocenters. The molecule has 0 spiro atoms. The summed E-state index contributed by atoms with van der Waals surface area (Å²) < 4.78 is 0. The van der Waals surface area contributed by atoms with Crippen molar-refractivity contribution in [3.05, 3.63) is 24.4 Å². The molecule has 0 aliphatic carbocycles. The molecule has 0 bridgehead atoms. The van der Waals surface area contributed by atoms with Gasteiger partial charge >= 0.3 is 6.03 Å². The number of nitrogens with one attached hydrogen (secondary N) is 2. The SMILES string of the molecule is C[C@H]1C=CCCCC(=O)/C=C/NC(=O)N1. The molecule has 0 radical (unpaired) electrons. The Balaban J connectivity index is 2.57. The molecular weight excluding hydrogens is 192 g/mol. The average molecular weight is 208 g/mol. The number of hydrogen-bond donors (Lipinski definition) is 2. The second kappa shape index (κ2) is 6.01. The van der Waals surface area contributed by atoms with Gasteiger partial charge in [0.1, 0.15) is 0 Å². The van der Waals surface area contributed by atoms with Crippen molar-refractivity contribution < 1.29 is 9.59 Å². The predicted molar refractivity (Wildman–Crippen MR) is 58.3 cm³/mol. The van der Waals surface area contributed by atoms with E-state index in [-0.39, 0.29) is 17.9 Å². The second-order valence-electron chi connectivity index (χ2n) is 3.53. The van der Waals surface area contributed by atoms with Crippen molar-refractivity contribution in [2.24, 2.45) is 0 Å². The Morgan fingerprint density at radius 1 is 1.40 bits per heavy atom. The summed E-state index contributed by atoms with van der Waals surface area (Å²) >= 11 is 0. The largest absolute Gasteiger partial charge is 0.332 e. The molecule has 15 heavy (non-hydrogen) atoms. The fourth-order valence-electron chi connectivity index (χ4n) is 1.28. The molecule has 0 saturated heterocycles. The van der Waals surface area contributed by atoms with Crippen LogP contribution >= 0.6 is 0 Å². The van der Waals surface area contributed by atoms with Crippen molar-refractivity contribution in [2.45, 2.75) is 32.2 Å². The molecule has 1 aliphatic rings. The van der Waals surface area contributed by atoms with E-state index in [2.05, 4.69) is 10.6 Å². The van der Waals surface area contributed by atoms with Gasteiger partial charge in [0, 0.05) is 18.7 Å². The molecule has 1 heterocycles. The van der Waals surface area contributed by atoms with E-state index in [0.717, 1.165) is 12.8 Å². The van der Waals surface area contributed by atoms with E-state index in [9.17, 15) is 9.59 Å². The number of rotatable bonds is 0. The van der Waals surface area contributed by atoms with E-state index in [1.807, 2.05) is 19.1 Å². The fourth-order valence-corrected chi connectivity index (χ4v) is 1.28. The van der Waals surface area contributed by atoms with E-state index < -0.39 is 0 Å². The molecular formula is C11H16N2O2. The first-order chi connectivity index (χ1) is 7.18. The zero-order chi connectivity index (χ0) is 11.1. The Kier molecular flexibility index (Phi) is 4.60. The van der Waals surface area contributed by atoms with Gasteiger partial charge in [-0.2, -0.15) is 0 Å². The number of ketones is 1. The van der Waals surface area contributed by atoms with Crippen molar-refractivity contribution in [1.29, 1.82) is 0 Å². The van der Waals surface area contributed by atoms with Crippen molar-refractivity contribution in [3.8, 4) is 0 Å². The van der Waals surface area contributed by atoms with Gasteiger partial charge in [0.05, 0.1) is 0 Å². The first-order valence-corrected chi connectivity index (χ1v) is 5.11. The Morgan fingerprint density at radius 2 is 2.20 bits per heavy atom. The summed E-state index contributed by atoms with van der Waals surface area (Å²) in [7, 11) is 0. The van der Waals surface area contributed by atoms with Gasteiger partial charge in [0.15, 0.2) is 5.78 Å². The van der Waals surface area contributed by atoms with Crippen LogP contribution < -0.4 is 10.6 Å². The fraction of sp³-hybridized carbons (Fsp3) is 0.455. The van der Waals surface area contributed by atoms with Crippen molar-refractivity contribution >= 4 is 11.8 Å². The van der Waals surface area contributed by atoms with Crippen molar-refractivity contribution in [3.63, 3.8) is 0 Å². The lowest BCUT2D eigenvalue weighted by molar-refractivity contribution is -0.114. The van der Waals surface area contributed by atoms with Crippen LogP contribution in [0.1, 0.15) is 26.2 Å². The van der Waals surface area contributed by atoms with Gasteiger partial charge in [-0.05, 0) is 25.8 Å². The number of urea groups is 1. The van der Waals surface area contributed by atoms with E-state index in [1.165, 1.54) is 12.3 Å². The summed E-state index contributed by atoms with van der Waals surface area (Å²) in [5.74, 6) is 0.0392. The average Bonchev–Trinajstić information content (AvgIpc) is 2.15. The lowest BCUT2D eigenvalue weighted by Gasteiger charge is -2.09. The molecule has 4 nitrogen and oxygen atoms in total. The normalized spacial score (nSPS) is 25.8. The van der Waals surface area contributed by atoms with Gasteiger partial charge in [0.25, 0.3) is 0 Å². The third kappa shape index (κ3) is 5.00. The minimum Gasteiger partial charge on any atom is -0.332 e. The molecule has 1 rings (SSSR count). The van der Waals surface area contributed by atoms with Crippen LogP contribution in [0.2, 0.25) is 0 Å². The quantitative estimate of drug-likeness (QED) is 0.593. The van der Waals surface area contributed by atoms with Crippen LogP contribution in [0.3, 0.4) is 0 Å². The molecule has 4 heteroatoms. The minimum absolute atomic E-state index is 0.00790. The minimum atomic E-state index is -0.295. The highest BCUT2D eigenvalue weighted by Crippen LogP contribution is 2.00. The van der Waals surface area contributed by atoms with Gasteiger partial charge in [-0.3, -0.25) is 4.79 Å². The van der Waals surface area contributed by atoms with Gasteiger partial charge in [0.2, 0.25) is 0 Å². The Morgan fingerprint density at radius 3 is 3.00 bits per heavy atom. The summed E-state index contributed by atoms with van der Waals surface area (Å²) in [6, 6.07) is -0.287. The zero-order valence-electron chi connectivity index (χ0n) is 8.82. The molecule has 1 atom stereocenters.